The van der Waals surface area contributed by atoms with Crippen molar-refractivity contribution in [3.05, 3.63) is 78.1 Å². The zero-order valence-corrected chi connectivity index (χ0v) is 19.2. The molecule has 0 N–H and O–H groups in total. The SMILES string of the molecule is Cc1nnn(-c2ccc([N+](=O)[O-])cc2Cl)c1C(=O)N1CCN(c2ccc([N+](=O)[O-])cc2Cl)CC1. The highest BCUT2D eigenvalue weighted by Gasteiger charge is 2.29. The Bertz CT molecular complexity index is 1300. The number of anilines is 1. The number of halogens is 2. The molecule has 1 saturated heterocycles. The van der Waals surface area contributed by atoms with Crippen LogP contribution in [0.15, 0.2) is 36.4 Å². The summed E-state index contributed by atoms with van der Waals surface area (Å²) in [5, 5.41) is 30.3. The molecule has 12 nitrogen and oxygen atoms in total. The molecule has 1 aliphatic rings. The number of hydrogen-bond donors (Lipinski definition) is 0. The second kappa shape index (κ2) is 9.23. The van der Waals surface area contributed by atoms with Gasteiger partial charge < -0.3 is 9.80 Å². The van der Waals surface area contributed by atoms with Crippen LogP contribution in [0.2, 0.25) is 10.0 Å². The number of nitro groups is 2. The van der Waals surface area contributed by atoms with E-state index in [9.17, 15) is 25.0 Å². The molecule has 0 saturated carbocycles. The van der Waals surface area contributed by atoms with Crippen LogP contribution in [0.1, 0.15) is 16.2 Å². The maximum Gasteiger partial charge on any atom is 0.274 e. The van der Waals surface area contributed by atoms with Crippen LogP contribution in [-0.2, 0) is 0 Å². The largest absolute Gasteiger partial charge is 0.367 e. The average molecular weight is 506 g/mol. The fourth-order valence-corrected chi connectivity index (χ4v) is 4.27. The molecule has 2 heterocycles. The van der Waals surface area contributed by atoms with Crippen molar-refractivity contribution in [2.45, 2.75) is 6.92 Å². The van der Waals surface area contributed by atoms with Gasteiger partial charge in [0.1, 0.15) is 0 Å². The van der Waals surface area contributed by atoms with Crippen molar-refractivity contribution < 1.29 is 14.6 Å². The van der Waals surface area contributed by atoms with Gasteiger partial charge in [-0.3, -0.25) is 25.0 Å². The zero-order chi connectivity index (χ0) is 24.6. The highest BCUT2D eigenvalue weighted by Crippen LogP contribution is 2.31. The number of nitro benzene ring substituents is 2. The lowest BCUT2D eigenvalue weighted by molar-refractivity contribution is -0.385. The highest BCUT2D eigenvalue weighted by atomic mass is 35.5. The summed E-state index contributed by atoms with van der Waals surface area (Å²) < 4.78 is 1.28. The number of carbonyl (C=O) groups excluding carboxylic acids is 1. The van der Waals surface area contributed by atoms with E-state index in [0.717, 1.165) is 0 Å². The fourth-order valence-electron chi connectivity index (χ4n) is 3.72. The van der Waals surface area contributed by atoms with Gasteiger partial charge in [-0.15, -0.1) is 5.10 Å². The lowest BCUT2D eigenvalue weighted by Crippen LogP contribution is -2.49. The minimum Gasteiger partial charge on any atom is -0.367 e. The standard InChI is InChI=1S/C20H17Cl2N7O5/c1-12-19(27(24-23-12)18-5-3-14(29(33)34)11-16(18)22)20(30)26-8-6-25(7-9-26)17-4-2-13(28(31)32)10-15(17)21/h2-5,10-11H,6-9H2,1H3. The summed E-state index contributed by atoms with van der Waals surface area (Å²) in [6, 6.07) is 8.17. The number of carbonyl (C=O) groups is 1. The van der Waals surface area contributed by atoms with Gasteiger partial charge in [0.05, 0.1) is 37.0 Å². The maximum absolute atomic E-state index is 13.3. The Hall–Kier alpha value is -3.77. The Labute approximate surface area is 202 Å². The van der Waals surface area contributed by atoms with Crippen molar-refractivity contribution in [3.63, 3.8) is 0 Å². The Morgan fingerprint density at radius 3 is 1.94 bits per heavy atom. The Balaban J connectivity index is 1.53. The van der Waals surface area contributed by atoms with Crippen LogP contribution in [0.25, 0.3) is 5.69 Å². The number of rotatable bonds is 5. The van der Waals surface area contributed by atoms with Crippen LogP contribution < -0.4 is 4.90 Å². The van der Waals surface area contributed by atoms with E-state index in [4.69, 9.17) is 23.2 Å². The van der Waals surface area contributed by atoms with Gasteiger partial charge >= 0.3 is 0 Å². The molecular formula is C20H17Cl2N7O5. The van der Waals surface area contributed by atoms with Crippen molar-refractivity contribution in [2.75, 3.05) is 31.1 Å². The van der Waals surface area contributed by atoms with Crippen molar-refractivity contribution in [2.24, 2.45) is 0 Å². The summed E-state index contributed by atoms with van der Waals surface area (Å²) in [4.78, 5) is 37.8. The van der Waals surface area contributed by atoms with Crippen LogP contribution in [0.4, 0.5) is 17.1 Å². The van der Waals surface area contributed by atoms with E-state index in [1.807, 2.05) is 4.90 Å². The molecule has 0 radical (unpaired) electrons. The fraction of sp³-hybridized carbons (Fsp3) is 0.250. The highest BCUT2D eigenvalue weighted by molar-refractivity contribution is 6.33. The summed E-state index contributed by atoms with van der Waals surface area (Å²) in [5.41, 5.74) is 1.27. The minimum atomic E-state index is -0.564. The molecule has 1 aromatic heterocycles. The Morgan fingerprint density at radius 2 is 1.44 bits per heavy atom. The molecule has 0 spiro atoms. The van der Waals surface area contributed by atoms with Crippen LogP contribution in [-0.4, -0.2) is 61.8 Å². The zero-order valence-electron chi connectivity index (χ0n) is 17.7. The van der Waals surface area contributed by atoms with Gasteiger partial charge in [-0.1, -0.05) is 28.4 Å². The predicted octanol–water partition coefficient (Wildman–Crippen LogP) is 3.66. The van der Waals surface area contributed by atoms with Crippen LogP contribution >= 0.6 is 23.2 Å². The smallest absolute Gasteiger partial charge is 0.274 e. The van der Waals surface area contributed by atoms with Gasteiger partial charge in [0.15, 0.2) is 5.69 Å². The average Bonchev–Trinajstić information content (AvgIpc) is 3.19. The molecule has 1 fully saturated rings. The lowest BCUT2D eigenvalue weighted by Gasteiger charge is -2.36. The molecule has 34 heavy (non-hydrogen) atoms. The third-order valence-corrected chi connectivity index (χ3v) is 6.07. The van der Waals surface area contributed by atoms with E-state index in [1.54, 1.807) is 17.9 Å². The molecule has 0 aliphatic carbocycles. The number of non-ortho nitro benzene ring substituents is 2. The maximum atomic E-state index is 13.3. The van der Waals surface area contributed by atoms with E-state index in [0.29, 0.717) is 43.2 Å². The summed E-state index contributed by atoms with van der Waals surface area (Å²) >= 11 is 12.5. The Kier molecular flexibility index (Phi) is 6.35. The van der Waals surface area contributed by atoms with Gasteiger partial charge in [0.2, 0.25) is 0 Å². The van der Waals surface area contributed by atoms with Gasteiger partial charge in [-0.25, -0.2) is 4.68 Å². The van der Waals surface area contributed by atoms with Gasteiger partial charge in [0, 0.05) is 50.4 Å². The monoisotopic (exact) mass is 505 g/mol. The third kappa shape index (κ3) is 4.37. The van der Waals surface area contributed by atoms with Gasteiger partial charge in [-0.05, 0) is 19.1 Å². The second-order valence-electron chi connectivity index (χ2n) is 7.50. The minimum absolute atomic E-state index is 0.0609. The van der Waals surface area contributed by atoms with E-state index in [1.165, 1.54) is 35.0 Å². The number of amides is 1. The van der Waals surface area contributed by atoms with Crippen LogP contribution in [0.5, 0.6) is 0 Å². The first kappa shape index (κ1) is 23.4. The molecule has 1 aliphatic heterocycles. The van der Waals surface area contributed by atoms with Crippen molar-refractivity contribution in [1.82, 2.24) is 19.9 Å². The molecule has 176 valence electrons. The Morgan fingerprint density at radius 1 is 0.912 bits per heavy atom. The van der Waals surface area contributed by atoms with Crippen LogP contribution in [0.3, 0.4) is 0 Å². The summed E-state index contributed by atoms with van der Waals surface area (Å²) in [5.74, 6) is -0.314. The van der Waals surface area contributed by atoms with Crippen molar-refractivity contribution in [3.8, 4) is 5.69 Å². The number of nitrogens with zero attached hydrogens (tertiary/aromatic N) is 7. The number of hydrogen-bond acceptors (Lipinski definition) is 8. The first-order chi connectivity index (χ1) is 16.2. The molecule has 0 atom stereocenters. The number of aromatic nitrogens is 3. The lowest BCUT2D eigenvalue weighted by atomic mass is 10.2. The molecule has 3 aromatic rings. The van der Waals surface area contributed by atoms with Crippen molar-refractivity contribution in [1.29, 1.82) is 0 Å². The molecule has 14 heteroatoms. The first-order valence-corrected chi connectivity index (χ1v) is 10.8. The molecule has 0 unspecified atom stereocenters. The summed E-state index contributed by atoms with van der Waals surface area (Å²) in [6.45, 7) is 3.29. The predicted molar refractivity (Wildman–Crippen MR) is 124 cm³/mol. The molecular weight excluding hydrogens is 489 g/mol. The number of aryl methyl sites for hydroxylation is 1. The normalized spacial score (nSPS) is 13.7. The number of benzene rings is 2. The van der Waals surface area contributed by atoms with E-state index >= 15 is 0 Å². The quantitative estimate of drug-likeness (QED) is 0.377. The molecule has 0 bridgehead atoms. The van der Waals surface area contributed by atoms with Crippen LogP contribution in [0, 0.1) is 27.2 Å². The van der Waals surface area contributed by atoms with Crippen molar-refractivity contribution >= 4 is 46.2 Å². The molecule has 2 aromatic carbocycles. The van der Waals surface area contributed by atoms with E-state index < -0.39 is 9.85 Å². The number of piperazine rings is 1. The third-order valence-electron chi connectivity index (χ3n) is 5.46. The topological polar surface area (TPSA) is 141 Å². The first-order valence-electron chi connectivity index (χ1n) is 10.0. The van der Waals surface area contributed by atoms with E-state index in [-0.39, 0.29) is 33.0 Å². The molecule has 4 rings (SSSR count). The van der Waals surface area contributed by atoms with Gasteiger partial charge in [0.25, 0.3) is 17.3 Å². The second-order valence-corrected chi connectivity index (χ2v) is 8.31. The summed E-state index contributed by atoms with van der Waals surface area (Å²) in [6.07, 6.45) is 0. The summed E-state index contributed by atoms with van der Waals surface area (Å²) in [7, 11) is 0. The van der Waals surface area contributed by atoms with E-state index in [2.05, 4.69) is 10.3 Å². The molecule has 1 amide bonds. The van der Waals surface area contributed by atoms with Gasteiger partial charge in [-0.2, -0.15) is 0 Å².